The summed E-state index contributed by atoms with van der Waals surface area (Å²) in [5.41, 5.74) is 0.195. The van der Waals surface area contributed by atoms with Gasteiger partial charge in [-0.3, -0.25) is 4.79 Å². The van der Waals surface area contributed by atoms with E-state index in [0.29, 0.717) is 38.6 Å². The van der Waals surface area contributed by atoms with E-state index in [1.165, 1.54) is 29.6 Å². The maximum atomic E-state index is 12.8. The van der Waals surface area contributed by atoms with Gasteiger partial charge < -0.3 is 20.1 Å². The third-order valence-corrected chi connectivity index (χ3v) is 5.98. The number of nitrogens with one attached hydrogen (secondary N) is 2. The normalized spacial score (nSPS) is 17.1. The van der Waals surface area contributed by atoms with Crippen molar-refractivity contribution in [1.29, 1.82) is 0 Å². The van der Waals surface area contributed by atoms with E-state index in [0.717, 1.165) is 0 Å². The highest BCUT2D eigenvalue weighted by molar-refractivity contribution is 7.89. The van der Waals surface area contributed by atoms with Gasteiger partial charge in [-0.1, -0.05) is 0 Å². The van der Waals surface area contributed by atoms with Gasteiger partial charge in [-0.05, 0) is 32.2 Å². The quantitative estimate of drug-likeness (QED) is 0.703. The highest BCUT2D eigenvalue weighted by Crippen LogP contribution is 2.25. The van der Waals surface area contributed by atoms with E-state index in [9.17, 15) is 13.2 Å². The summed E-state index contributed by atoms with van der Waals surface area (Å²) in [6.45, 7) is 3.68. The Kier molecular flexibility index (Phi) is 6.77. The fourth-order valence-corrected chi connectivity index (χ4v) is 3.84. The Hall–Kier alpha value is -1.68. The van der Waals surface area contributed by atoms with E-state index in [4.69, 9.17) is 9.47 Å². The molecule has 140 valence electrons. The second-order valence-corrected chi connectivity index (χ2v) is 7.72. The van der Waals surface area contributed by atoms with Crippen LogP contribution in [-0.2, 0) is 14.8 Å². The second-order valence-electron chi connectivity index (χ2n) is 5.78. The molecule has 2 rings (SSSR count). The van der Waals surface area contributed by atoms with Crippen LogP contribution in [0.5, 0.6) is 5.75 Å². The van der Waals surface area contributed by atoms with Gasteiger partial charge in [0.2, 0.25) is 10.0 Å². The zero-order valence-electron chi connectivity index (χ0n) is 14.7. The van der Waals surface area contributed by atoms with E-state index in [-0.39, 0.29) is 22.4 Å². The van der Waals surface area contributed by atoms with Crippen molar-refractivity contribution in [2.45, 2.75) is 17.9 Å². The van der Waals surface area contributed by atoms with Crippen LogP contribution in [-0.4, -0.2) is 71.7 Å². The molecule has 1 amide bonds. The molecule has 8 nitrogen and oxygen atoms in total. The monoisotopic (exact) mass is 371 g/mol. The van der Waals surface area contributed by atoms with E-state index in [2.05, 4.69) is 10.6 Å². The first kappa shape index (κ1) is 19.6. The number of ether oxygens (including phenoxy) is 2. The van der Waals surface area contributed by atoms with Gasteiger partial charge >= 0.3 is 0 Å². The maximum Gasteiger partial charge on any atom is 0.255 e. The summed E-state index contributed by atoms with van der Waals surface area (Å²) >= 11 is 0. The molecule has 25 heavy (non-hydrogen) atoms. The van der Waals surface area contributed by atoms with Gasteiger partial charge in [0.15, 0.2) is 0 Å². The topological polar surface area (TPSA) is 97.0 Å². The van der Waals surface area contributed by atoms with Crippen LogP contribution >= 0.6 is 0 Å². The Labute approximate surface area is 148 Å². The summed E-state index contributed by atoms with van der Waals surface area (Å²) in [5.74, 6) is -0.0477. The predicted octanol–water partition coefficient (Wildman–Crippen LogP) is 0.0538. The average molecular weight is 371 g/mol. The van der Waals surface area contributed by atoms with Crippen LogP contribution in [0.15, 0.2) is 23.1 Å². The minimum atomic E-state index is -3.67. The van der Waals surface area contributed by atoms with E-state index in [1.807, 2.05) is 6.92 Å². The Balaban J connectivity index is 2.28. The molecule has 1 heterocycles. The molecule has 0 aromatic heterocycles. The molecule has 9 heteroatoms. The van der Waals surface area contributed by atoms with E-state index in [1.54, 1.807) is 7.05 Å². The van der Waals surface area contributed by atoms with Crippen molar-refractivity contribution in [1.82, 2.24) is 14.9 Å². The number of rotatable bonds is 7. The minimum Gasteiger partial charge on any atom is -0.496 e. The zero-order chi connectivity index (χ0) is 18.4. The number of hydrogen-bond donors (Lipinski definition) is 2. The molecule has 1 aliphatic rings. The van der Waals surface area contributed by atoms with Gasteiger partial charge in [0.1, 0.15) is 5.75 Å². The molecule has 0 spiro atoms. The SMILES string of the molecule is CNC(C)CNC(=O)c1cc(S(=O)(=O)N2CCOCC2)ccc1OC. The van der Waals surface area contributed by atoms with Gasteiger partial charge in [0, 0.05) is 25.7 Å². The Morgan fingerprint density at radius 1 is 1.36 bits per heavy atom. The molecule has 1 unspecified atom stereocenters. The summed E-state index contributed by atoms with van der Waals surface area (Å²) in [4.78, 5) is 12.5. The Morgan fingerprint density at radius 2 is 2.04 bits per heavy atom. The number of carbonyl (C=O) groups is 1. The number of morpholine rings is 1. The number of likely N-dealkylation sites (N-methyl/N-ethyl adjacent to an activating group) is 1. The standard InChI is InChI=1S/C16H25N3O5S/c1-12(17-2)11-18-16(20)14-10-13(4-5-15(14)23-3)25(21,22)19-6-8-24-9-7-19/h4-5,10,12,17H,6-9,11H2,1-3H3,(H,18,20). The van der Waals surface area contributed by atoms with Gasteiger partial charge in [0.05, 0.1) is 30.8 Å². The smallest absolute Gasteiger partial charge is 0.255 e. The molecule has 1 aromatic carbocycles. The largest absolute Gasteiger partial charge is 0.496 e. The molecule has 2 N–H and O–H groups in total. The maximum absolute atomic E-state index is 12.8. The molecule has 1 aromatic rings. The molecule has 1 atom stereocenters. The third-order valence-electron chi connectivity index (χ3n) is 4.09. The summed E-state index contributed by atoms with van der Waals surface area (Å²) in [6.07, 6.45) is 0. The molecular weight excluding hydrogens is 346 g/mol. The van der Waals surface area contributed by atoms with Gasteiger partial charge in [-0.25, -0.2) is 8.42 Å². The lowest BCUT2D eigenvalue weighted by molar-refractivity contribution is 0.0730. The number of methoxy groups -OCH3 is 1. The molecule has 0 radical (unpaired) electrons. The van der Waals surface area contributed by atoms with Crippen LogP contribution in [0.4, 0.5) is 0 Å². The van der Waals surface area contributed by atoms with Crippen molar-refractivity contribution >= 4 is 15.9 Å². The molecule has 1 saturated heterocycles. The Morgan fingerprint density at radius 3 is 2.64 bits per heavy atom. The fraction of sp³-hybridized carbons (Fsp3) is 0.562. The van der Waals surface area contributed by atoms with Crippen molar-refractivity contribution < 1.29 is 22.7 Å². The number of hydrogen-bond acceptors (Lipinski definition) is 6. The highest BCUT2D eigenvalue weighted by atomic mass is 32.2. The van der Waals surface area contributed by atoms with E-state index < -0.39 is 10.0 Å². The lowest BCUT2D eigenvalue weighted by atomic mass is 10.2. The molecule has 0 bridgehead atoms. The first-order valence-electron chi connectivity index (χ1n) is 8.11. The first-order valence-corrected chi connectivity index (χ1v) is 9.55. The second kappa shape index (κ2) is 8.61. The predicted molar refractivity (Wildman–Crippen MR) is 93.4 cm³/mol. The lowest BCUT2D eigenvalue weighted by Gasteiger charge is -2.26. The molecule has 1 fully saturated rings. The first-order chi connectivity index (χ1) is 11.9. The van der Waals surface area contributed by atoms with Gasteiger partial charge in [-0.15, -0.1) is 0 Å². The third kappa shape index (κ3) is 4.69. The van der Waals surface area contributed by atoms with E-state index >= 15 is 0 Å². The molecular formula is C16H25N3O5S. The summed E-state index contributed by atoms with van der Waals surface area (Å²) < 4.78 is 37.3. The lowest BCUT2D eigenvalue weighted by Crippen LogP contribution is -2.40. The van der Waals surface area contributed by atoms with Crippen molar-refractivity contribution in [3.8, 4) is 5.75 Å². The molecule has 0 aliphatic carbocycles. The van der Waals surface area contributed by atoms with Crippen LogP contribution in [0.2, 0.25) is 0 Å². The van der Waals surface area contributed by atoms with Crippen molar-refractivity contribution in [3.63, 3.8) is 0 Å². The van der Waals surface area contributed by atoms with Crippen molar-refractivity contribution in [2.75, 3.05) is 47.0 Å². The Bertz CT molecular complexity index is 702. The fourth-order valence-electron chi connectivity index (χ4n) is 2.40. The summed E-state index contributed by atoms with van der Waals surface area (Å²) in [6, 6.07) is 4.42. The summed E-state index contributed by atoms with van der Waals surface area (Å²) in [5, 5.41) is 5.79. The zero-order valence-corrected chi connectivity index (χ0v) is 15.6. The number of nitrogens with zero attached hydrogens (tertiary/aromatic N) is 1. The number of sulfonamides is 1. The van der Waals surface area contributed by atoms with Crippen LogP contribution in [0.1, 0.15) is 17.3 Å². The van der Waals surface area contributed by atoms with Crippen molar-refractivity contribution in [2.24, 2.45) is 0 Å². The van der Waals surface area contributed by atoms with Crippen molar-refractivity contribution in [3.05, 3.63) is 23.8 Å². The number of carbonyl (C=O) groups excluding carboxylic acids is 1. The molecule has 1 aliphatic heterocycles. The molecule has 0 saturated carbocycles. The van der Waals surface area contributed by atoms with Gasteiger partial charge in [0.25, 0.3) is 5.91 Å². The number of amides is 1. The van der Waals surface area contributed by atoms with Crippen LogP contribution < -0.4 is 15.4 Å². The van der Waals surface area contributed by atoms with Crippen LogP contribution in [0.3, 0.4) is 0 Å². The summed E-state index contributed by atoms with van der Waals surface area (Å²) in [7, 11) is -0.432. The van der Waals surface area contributed by atoms with Crippen LogP contribution in [0.25, 0.3) is 0 Å². The number of benzene rings is 1. The van der Waals surface area contributed by atoms with Gasteiger partial charge in [-0.2, -0.15) is 4.31 Å². The minimum absolute atomic E-state index is 0.0713. The average Bonchev–Trinajstić information content (AvgIpc) is 2.65. The highest BCUT2D eigenvalue weighted by Gasteiger charge is 2.28. The van der Waals surface area contributed by atoms with Crippen LogP contribution in [0, 0.1) is 0 Å².